The van der Waals surface area contributed by atoms with E-state index >= 15 is 0 Å². The Balaban J connectivity index is 1.54. The summed E-state index contributed by atoms with van der Waals surface area (Å²) in [7, 11) is 3.10. The van der Waals surface area contributed by atoms with Crippen LogP contribution in [0.5, 0.6) is 11.6 Å². The summed E-state index contributed by atoms with van der Waals surface area (Å²) in [6.45, 7) is 6.73. The number of carbonyl (C=O) groups excluding carboxylic acids is 1. The summed E-state index contributed by atoms with van der Waals surface area (Å²) in [6.07, 6.45) is 3.42. The van der Waals surface area contributed by atoms with Gasteiger partial charge in [0.15, 0.2) is 17.2 Å². The molecule has 0 atom stereocenters. The molecule has 10 nitrogen and oxygen atoms in total. The molecule has 0 radical (unpaired) electrons. The number of ether oxygens (including phenoxy) is 2. The molecule has 4 aromatic heterocycles. The number of anilines is 2. The molecule has 0 aromatic carbocycles. The second kappa shape index (κ2) is 9.34. The Hall–Kier alpha value is -4.21. The predicted octanol–water partition coefficient (Wildman–Crippen LogP) is 3.72. The molecule has 4 rings (SSSR count). The molecule has 0 spiro atoms. The predicted molar refractivity (Wildman–Crippen MR) is 129 cm³/mol. The minimum atomic E-state index is -0.219. The van der Waals surface area contributed by atoms with Crippen LogP contribution >= 0.6 is 0 Å². The van der Waals surface area contributed by atoms with Crippen molar-refractivity contribution in [3.63, 3.8) is 0 Å². The molecule has 0 saturated carbocycles. The monoisotopic (exact) mass is 461 g/mol. The number of fused-ring (bicyclic) bond motifs is 1. The maximum Gasteiger partial charge on any atom is 0.269 e. The molecule has 0 aliphatic carbocycles. The average molecular weight is 462 g/mol. The fourth-order valence-corrected chi connectivity index (χ4v) is 3.17. The molecule has 10 heteroatoms. The fourth-order valence-electron chi connectivity index (χ4n) is 3.17. The average Bonchev–Trinajstić information content (AvgIpc) is 3.23. The van der Waals surface area contributed by atoms with E-state index in [1.807, 2.05) is 18.2 Å². The molecular formula is C24H27N7O3. The molecule has 4 heterocycles. The lowest BCUT2D eigenvalue weighted by molar-refractivity contribution is 0.0934. The molecule has 0 saturated heterocycles. The Morgan fingerprint density at radius 3 is 2.62 bits per heavy atom. The molecule has 0 bridgehead atoms. The van der Waals surface area contributed by atoms with Crippen molar-refractivity contribution >= 4 is 23.2 Å². The van der Waals surface area contributed by atoms with Crippen molar-refractivity contribution in [1.82, 2.24) is 29.9 Å². The number of rotatable bonds is 7. The van der Waals surface area contributed by atoms with Gasteiger partial charge in [0.25, 0.3) is 11.8 Å². The van der Waals surface area contributed by atoms with Crippen LogP contribution < -0.4 is 20.1 Å². The number of amides is 1. The van der Waals surface area contributed by atoms with Gasteiger partial charge in [-0.25, -0.2) is 19.5 Å². The normalized spacial score (nSPS) is 11.3. The van der Waals surface area contributed by atoms with Crippen LogP contribution in [0.2, 0.25) is 0 Å². The molecule has 0 aliphatic heterocycles. The first kappa shape index (κ1) is 23.0. The van der Waals surface area contributed by atoms with Gasteiger partial charge in [-0.2, -0.15) is 5.10 Å². The van der Waals surface area contributed by atoms with Crippen LogP contribution in [0.1, 0.15) is 31.3 Å². The Bertz CT molecular complexity index is 1330. The number of hydrogen-bond donors (Lipinski definition) is 2. The van der Waals surface area contributed by atoms with Crippen LogP contribution in [0.15, 0.2) is 48.8 Å². The van der Waals surface area contributed by atoms with Crippen molar-refractivity contribution in [1.29, 1.82) is 0 Å². The number of carbonyl (C=O) groups is 1. The van der Waals surface area contributed by atoms with Crippen molar-refractivity contribution in [2.45, 2.75) is 20.8 Å². The van der Waals surface area contributed by atoms with Crippen LogP contribution in [0.3, 0.4) is 0 Å². The lowest BCUT2D eigenvalue weighted by Crippen LogP contribution is -2.32. The van der Waals surface area contributed by atoms with E-state index < -0.39 is 0 Å². The first-order chi connectivity index (χ1) is 16.3. The highest BCUT2D eigenvalue weighted by Gasteiger charge is 2.15. The summed E-state index contributed by atoms with van der Waals surface area (Å²) in [5.41, 5.74) is 2.44. The second-order valence-electron chi connectivity index (χ2n) is 8.86. The van der Waals surface area contributed by atoms with E-state index in [1.165, 1.54) is 7.11 Å². The van der Waals surface area contributed by atoms with Crippen molar-refractivity contribution in [3.05, 3.63) is 54.5 Å². The summed E-state index contributed by atoms with van der Waals surface area (Å²) in [4.78, 5) is 25.7. The molecule has 0 fully saturated rings. The Morgan fingerprint density at radius 2 is 1.88 bits per heavy atom. The summed E-state index contributed by atoms with van der Waals surface area (Å²) in [5.74, 6) is 1.77. The van der Waals surface area contributed by atoms with Crippen molar-refractivity contribution in [2.24, 2.45) is 5.41 Å². The van der Waals surface area contributed by atoms with Gasteiger partial charge in [0.1, 0.15) is 11.5 Å². The molecule has 0 unspecified atom stereocenters. The smallest absolute Gasteiger partial charge is 0.269 e. The van der Waals surface area contributed by atoms with E-state index in [-0.39, 0.29) is 11.3 Å². The number of pyridine rings is 2. The van der Waals surface area contributed by atoms with Gasteiger partial charge in [-0.3, -0.25) is 4.79 Å². The Morgan fingerprint density at radius 1 is 1.06 bits per heavy atom. The maximum absolute atomic E-state index is 12.4. The zero-order chi connectivity index (χ0) is 24.3. The van der Waals surface area contributed by atoms with Crippen molar-refractivity contribution < 1.29 is 14.3 Å². The molecule has 1 amide bonds. The van der Waals surface area contributed by atoms with Crippen LogP contribution in [0, 0.1) is 5.41 Å². The fraction of sp³-hybridized carbons (Fsp3) is 0.292. The van der Waals surface area contributed by atoms with E-state index in [0.29, 0.717) is 46.8 Å². The number of nitrogens with one attached hydrogen (secondary N) is 2. The Labute approximate surface area is 197 Å². The standard InChI is InChI=1S/C24H27N7O3/c1-24(2,3)14-26-22(32)17-7-6-8-19(27-17)28-20-13-31-21(29-20)10-9-16(30-31)15-11-18(33-4)23(34-5)25-12-15/h6-13H,14H2,1-5H3,(H,26,32)(H,27,28). The summed E-state index contributed by atoms with van der Waals surface area (Å²) < 4.78 is 12.2. The number of aromatic nitrogens is 5. The van der Waals surface area contributed by atoms with E-state index in [9.17, 15) is 4.79 Å². The van der Waals surface area contributed by atoms with Crippen molar-refractivity contribution in [3.8, 4) is 22.9 Å². The molecule has 176 valence electrons. The zero-order valence-electron chi connectivity index (χ0n) is 19.8. The molecule has 4 aromatic rings. The van der Waals surface area contributed by atoms with Gasteiger partial charge < -0.3 is 20.1 Å². The van der Waals surface area contributed by atoms with Gasteiger partial charge in [0, 0.05) is 18.3 Å². The molecule has 34 heavy (non-hydrogen) atoms. The molecular weight excluding hydrogens is 434 g/mol. The topological polar surface area (TPSA) is 116 Å². The van der Waals surface area contributed by atoms with Crippen LogP contribution in [0.25, 0.3) is 16.9 Å². The number of hydrogen-bond acceptors (Lipinski definition) is 8. The third-order valence-corrected chi connectivity index (χ3v) is 4.86. The van der Waals surface area contributed by atoms with Gasteiger partial charge in [-0.05, 0) is 35.7 Å². The van der Waals surface area contributed by atoms with Gasteiger partial charge >= 0.3 is 0 Å². The molecule has 2 N–H and O–H groups in total. The SMILES string of the molecule is COc1cc(-c2ccc3nc(Nc4cccc(C(=O)NCC(C)(C)C)n4)cn3n2)cnc1OC. The van der Waals surface area contributed by atoms with Crippen molar-refractivity contribution in [2.75, 3.05) is 26.1 Å². The summed E-state index contributed by atoms with van der Waals surface area (Å²) in [6, 6.07) is 10.8. The first-order valence-electron chi connectivity index (χ1n) is 10.7. The Kier molecular flexibility index (Phi) is 6.31. The van der Waals surface area contributed by atoms with Gasteiger partial charge in [0.05, 0.1) is 26.1 Å². The maximum atomic E-state index is 12.4. The van der Waals surface area contributed by atoms with Gasteiger partial charge in [0.2, 0.25) is 0 Å². The second-order valence-corrected chi connectivity index (χ2v) is 8.86. The zero-order valence-corrected chi connectivity index (χ0v) is 19.8. The third-order valence-electron chi connectivity index (χ3n) is 4.86. The molecule has 0 aliphatic rings. The van der Waals surface area contributed by atoms with Crippen LogP contribution in [-0.2, 0) is 0 Å². The number of nitrogens with zero attached hydrogens (tertiary/aromatic N) is 5. The summed E-state index contributed by atoms with van der Waals surface area (Å²) >= 11 is 0. The lowest BCUT2D eigenvalue weighted by Gasteiger charge is -2.18. The third kappa shape index (κ3) is 5.22. The quantitative estimate of drug-likeness (QED) is 0.428. The lowest BCUT2D eigenvalue weighted by atomic mass is 9.97. The highest BCUT2D eigenvalue weighted by Crippen LogP contribution is 2.29. The van der Waals surface area contributed by atoms with E-state index in [4.69, 9.17) is 9.47 Å². The number of imidazole rings is 1. The highest BCUT2D eigenvalue weighted by atomic mass is 16.5. The highest BCUT2D eigenvalue weighted by molar-refractivity contribution is 5.92. The minimum absolute atomic E-state index is 0.0130. The van der Waals surface area contributed by atoms with Gasteiger partial charge in [-0.15, -0.1) is 0 Å². The van der Waals surface area contributed by atoms with Crippen LogP contribution in [-0.4, -0.2) is 51.2 Å². The summed E-state index contributed by atoms with van der Waals surface area (Å²) in [5, 5.41) is 10.7. The minimum Gasteiger partial charge on any atom is -0.491 e. The van der Waals surface area contributed by atoms with E-state index in [1.54, 1.807) is 42.2 Å². The van der Waals surface area contributed by atoms with Gasteiger partial charge in [-0.1, -0.05) is 26.8 Å². The van der Waals surface area contributed by atoms with E-state index in [0.717, 1.165) is 5.56 Å². The largest absolute Gasteiger partial charge is 0.491 e. The van der Waals surface area contributed by atoms with E-state index in [2.05, 4.69) is 51.5 Å². The van der Waals surface area contributed by atoms with Crippen LogP contribution in [0.4, 0.5) is 11.6 Å². The first-order valence-corrected chi connectivity index (χ1v) is 10.7. The number of methoxy groups -OCH3 is 2.